The molecule has 19 heavy (non-hydrogen) atoms. The molecule has 0 aromatic heterocycles. The molecule has 0 saturated carbocycles. The van der Waals surface area contributed by atoms with Crippen LogP contribution in [-0.4, -0.2) is 24.6 Å². The Morgan fingerprint density at radius 2 is 2.11 bits per heavy atom. The second-order valence-electron chi connectivity index (χ2n) is 4.35. The van der Waals surface area contributed by atoms with Crippen LogP contribution in [0.25, 0.3) is 0 Å². The van der Waals surface area contributed by atoms with Gasteiger partial charge >= 0.3 is 0 Å². The highest BCUT2D eigenvalue weighted by atomic mass is 16.6. The molecular formula is C14H12O5-2. The first-order valence-electron chi connectivity index (χ1n) is 5.84. The van der Waals surface area contributed by atoms with E-state index >= 15 is 0 Å². The Balaban J connectivity index is 2.54. The molecule has 5 heteroatoms. The molecule has 1 fully saturated rings. The smallest absolute Gasteiger partial charge is 0.0881 e. The number of epoxide rings is 1. The van der Waals surface area contributed by atoms with Gasteiger partial charge in [-0.15, -0.1) is 6.58 Å². The van der Waals surface area contributed by atoms with Crippen molar-refractivity contribution in [2.75, 3.05) is 6.61 Å². The number of carbonyl (C=O) groups excluding carboxylic acids is 2. The standard InChI is InChI=1S/C14H14O5/c1-2-4-8(11-7-19-11)9-5-3-6-10(13(15)16)12(9)14(17)18/h2-3,5-6,8,11H,1,4,7H2,(H,15,16)(H,17,18)/p-2. The number of allylic oxidation sites excluding steroid dienone is 1. The Morgan fingerprint density at radius 3 is 2.58 bits per heavy atom. The zero-order valence-corrected chi connectivity index (χ0v) is 10.1. The first kappa shape index (κ1) is 13.3. The number of benzene rings is 1. The minimum absolute atomic E-state index is 0.104. The Bertz CT molecular complexity index is 531. The summed E-state index contributed by atoms with van der Waals surface area (Å²) in [7, 11) is 0. The van der Waals surface area contributed by atoms with E-state index in [2.05, 4.69) is 6.58 Å². The molecule has 0 radical (unpaired) electrons. The van der Waals surface area contributed by atoms with Gasteiger partial charge in [0.25, 0.3) is 0 Å². The maximum absolute atomic E-state index is 11.2. The molecule has 1 heterocycles. The second-order valence-corrected chi connectivity index (χ2v) is 4.35. The number of rotatable bonds is 6. The molecular weight excluding hydrogens is 248 g/mol. The topological polar surface area (TPSA) is 92.8 Å². The Morgan fingerprint density at radius 1 is 1.42 bits per heavy atom. The quantitative estimate of drug-likeness (QED) is 0.506. The van der Waals surface area contributed by atoms with Crippen LogP contribution in [0.4, 0.5) is 0 Å². The van der Waals surface area contributed by atoms with E-state index < -0.39 is 11.9 Å². The zero-order valence-electron chi connectivity index (χ0n) is 10.1. The van der Waals surface area contributed by atoms with E-state index in [1.165, 1.54) is 12.1 Å². The average Bonchev–Trinajstić information content (AvgIpc) is 3.19. The SMILES string of the molecule is C=CCC(c1cccc(C(=O)[O-])c1C(=O)[O-])C1CO1. The Hall–Kier alpha value is -2.14. The fourth-order valence-electron chi connectivity index (χ4n) is 2.22. The molecule has 100 valence electrons. The van der Waals surface area contributed by atoms with Crippen molar-refractivity contribution < 1.29 is 24.5 Å². The molecule has 0 N–H and O–H groups in total. The van der Waals surface area contributed by atoms with Crippen LogP contribution >= 0.6 is 0 Å². The van der Waals surface area contributed by atoms with E-state index in [0.717, 1.165) is 0 Å². The Kier molecular flexibility index (Phi) is 3.66. The van der Waals surface area contributed by atoms with E-state index in [-0.39, 0.29) is 23.1 Å². The van der Waals surface area contributed by atoms with Crippen LogP contribution in [0.2, 0.25) is 0 Å². The molecule has 0 spiro atoms. The van der Waals surface area contributed by atoms with Gasteiger partial charge in [0.1, 0.15) is 0 Å². The van der Waals surface area contributed by atoms with Crippen molar-refractivity contribution in [3.05, 3.63) is 47.5 Å². The van der Waals surface area contributed by atoms with Crippen LogP contribution in [0.1, 0.15) is 38.6 Å². The van der Waals surface area contributed by atoms with E-state index in [1.807, 2.05) is 0 Å². The number of aromatic carboxylic acids is 2. The van der Waals surface area contributed by atoms with Crippen molar-refractivity contribution >= 4 is 11.9 Å². The molecule has 0 amide bonds. The number of carboxylic acids is 2. The molecule has 2 rings (SSSR count). The summed E-state index contributed by atoms with van der Waals surface area (Å²) >= 11 is 0. The maximum atomic E-state index is 11.2. The molecule has 1 aliphatic heterocycles. The molecule has 2 atom stereocenters. The number of hydrogen-bond donors (Lipinski definition) is 0. The first-order chi connectivity index (χ1) is 9.06. The third kappa shape index (κ3) is 2.66. The third-order valence-electron chi connectivity index (χ3n) is 3.15. The summed E-state index contributed by atoms with van der Waals surface area (Å²) in [5.41, 5.74) is -0.304. The summed E-state index contributed by atoms with van der Waals surface area (Å²) < 4.78 is 5.19. The largest absolute Gasteiger partial charge is 0.545 e. The lowest BCUT2D eigenvalue weighted by atomic mass is 9.87. The third-order valence-corrected chi connectivity index (χ3v) is 3.15. The van der Waals surface area contributed by atoms with Crippen molar-refractivity contribution in [1.82, 2.24) is 0 Å². The number of ether oxygens (including phenoxy) is 1. The highest BCUT2D eigenvalue weighted by Gasteiger charge is 2.34. The summed E-state index contributed by atoms with van der Waals surface area (Å²) in [6.07, 6.45) is 2.05. The summed E-state index contributed by atoms with van der Waals surface area (Å²) in [6, 6.07) is 4.27. The van der Waals surface area contributed by atoms with Gasteiger partial charge in [0.05, 0.1) is 24.6 Å². The van der Waals surface area contributed by atoms with E-state index in [0.29, 0.717) is 18.6 Å². The van der Waals surface area contributed by atoms with Gasteiger partial charge in [-0.2, -0.15) is 0 Å². The molecule has 1 saturated heterocycles. The predicted molar refractivity (Wildman–Crippen MR) is 62.4 cm³/mol. The molecule has 1 aromatic carbocycles. The van der Waals surface area contributed by atoms with Gasteiger partial charge in [-0.1, -0.05) is 24.3 Å². The molecule has 0 bridgehead atoms. The normalized spacial score (nSPS) is 18.6. The molecule has 5 nitrogen and oxygen atoms in total. The minimum atomic E-state index is -1.53. The van der Waals surface area contributed by atoms with Crippen molar-refractivity contribution in [3.8, 4) is 0 Å². The van der Waals surface area contributed by atoms with Gasteiger partial charge in [-0.3, -0.25) is 0 Å². The van der Waals surface area contributed by atoms with Gasteiger partial charge in [0.15, 0.2) is 0 Å². The predicted octanol–water partition coefficient (Wildman–Crippen LogP) is -0.528. The second kappa shape index (κ2) is 5.24. The average molecular weight is 260 g/mol. The highest BCUT2D eigenvalue weighted by molar-refractivity contribution is 6.01. The minimum Gasteiger partial charge on any atom is -0.545 e. The lowest BCUT2D eigenvalue weighted by molar-refractivity contribution is -0.259. The van der Waals surface area contributed by atoms with Gasteiger partial charge < -0.3 is 24.5 Å². The zero-order chi connectivity index (χ0) is 14.0. The van der Waals surface area contributed by atoms with Crippen LogP contribution in [0.15, 0.2) is 30.9 Å². The van der Waals surface area contributed by atoms with Crippen molar-refractivity contribution in [3.63, 3.8) is 0 Å². The summed E-state index contributed by atoms with van der Waals surface area (Å²) in [5, 5.41) is 22.2. The van der Waals surface area contributed by atoms with Gasteiger partial charge in [0, 0.05) is 17.0 Å². The van der Waals surface area contributed by atoms with E-state index in [1.54, 1.807) is 12.1 Å². The maximum Gasteiger partial charge on any atom is 0.0881 e. The van der Waals surface area contributed by atoms with Gasteiger partial charge in [0.2, 0.25) is 0 Å². The summed E-state index contributed by atoms with van der Waals surface area (Å²) in [4.78, 5) is 22.2. The van der Waals surface area contributed by atoms with Crippen molar-refractivity contribution in [1.29, 1.82) is 0 Å². The summed E-state index contributed by atoms with van der Waals surface area (Å²) in [6.45, 7) is 4.15. The number of hydrogen-bond acceptors (Lipinski definition) is 5. The van der Waals surface area contributed by atoms with Gasteiger partial charge in [-0.25, -0.2) is 0 Å². The van der Waals surface area contributed by atoms with Crippen molar-refractivity contribution in [2.45, 2.75) is 18.4 Å². The van der Waals surface area contributed by atoms with Crippen molar-refractivity contribution in [2.24, 2.45) is 0 Å². The summed E-state index contributed by atoms with van der Waals surface area (Å²) in [5.74, 6) is -3.29. The van der Waals surface area contributed by atoms with Crippen LogP contribution in [-0.2, 0) is 4.74 Å². The highest BCUT2D eigenvalue weighted by Crippen LogP contribution is 2.35. The Labute approximate surface area is 110 Å². The fraction of sp³-hybridized carbons (Fsp3) is 0.286. The van der Waals surface area contributed by atoms with Gasteiger partial charge in [-0.05, 0) is 12.0 Å². The lowest BCUT2D eigenvalue weighted by Crippen LogP contribution is -2.32. The van der Waals surface area contributed by atoms with Crippen LogP contribution < -0.4 is 10.2 Å². The molecule has 0 aliphatic carbocycles. The first-order valence-corrected chi connectivity index (χ1v) is 5.84. The molecule has 1 aromatic rings. The lowest BCUT2D eigenvalue weighted by Gasteiger charge is -2.21. The van der Waals surface area contributed by atoms with Crippen LogP contribution in [0, 0.1) is 0 Å². The monoisotopic (exact) mass is 260 g/mol. The molecule has 2 unspecified atom stereocenters. The van der Waals surface area contributed by atoms with E-state index in [4.69, 9.17) is 4.74 Å². The molecule has 1 aliphatic rings. The van der Waals surface area contributed by atoms with Crippen LogP contribution in [0.3, 0.4) is 0 Å². The van der Waals surface area contributed by atoms with E-state index in [9.17, 15) is 19.8 Å². The number of carboxylic acid groups (broad SMARTS) is 2. The van der Waals surface area contributed by atoms with Crippen LogP contribution in [0.5, 0.6) is 0 Å². The number of carbonyl (C=O) groups is 2. The fourth-order valence-corrected chi connectivity index (χ4v) is 2.22.